The van der Waals surface area contributed by atoms with Crippen molar-refractivity contribution in [3.63, 3.8) is 0 Å². The molecule has 0 amide bonds. The Kier molecular flexibility index (Phi) is 4.90. The summed E-state index contributed by atoms with van der Waals surface area (Å²) in [5.41, 5.74) is 2.04. The first-order chi connectivity index (χ1) is 9.45. The molecule has 0 aromatic heterocycles. The van der Waals surface area contributed by atoms with E-state index in [0.29, 0.717) is 0 Å². The Morgan fingerprint density at radius 1 is 0.727 bits per heavy atom. The van der Waals surface area contributed by atoms with E-state index < -0.39 is 9.05 Å². The largest absolute Gasteiger partial charge is 0.261 e. The Bertz CT molecular complexity index is 632. The molecule has 126 valence electrons. The monoisotopic (exact) mass is 344 g/mol. The van der Waals surface area contributed by atoms with Gasteiger partial charge in [-0.2, -0.15) is 0 Å². The summed E-state index contributed by atoms with van der Waals surface area (Å²) < 4.78 is 24.6. The van der Waals surface area contributed by atoms with E-state index in [-0.39, 0.29) is 21.1 Å². The highest BCUT2D eigenvalue weighted by Crippen LogP contribution is 2.41. The van der Waals surface area contributed by atoms with Gasteiger partial charge in [-0.15, -0.1) is 0 Å². The van der Waals surface area contributed by atoms with E-state index in [9.17, 15) is 8.42 Å². The average Bonchev–Trinajstić information content (AvgIpc) is 2.22. The van der Waals surface area contributed by atoms with Crippen LogP contribution in [0.1, 0.15) is 79.0 Å². The van der Waals surface area contributed by atoms with E-state index in [1.54, 1.807) is 0 Å². The molecule has 2 nitrogen and oxygen atoms in total. The maximum absolute atomic E-state index is 12.3. The van der Waals surface area contributed by atoms with Crippen LogP contribution in [0.4, 0.5) is 0 Å². The van der Waals surface area contributed by atoms with E-state index in [4.69, 9.17) is 10.7 Å². The maximum Gasteiger partial charge on any atom is 0.261 e. The van der Waals surface area contributed by atoms with Gasteiger partial charge >= 0.3 is 0 Å². The Morgan fingerprint density at radius 2 is 1.05 bits per heavy atom. The van der Waals surface area contributed by atoms with Gasteiger partial charge < -0.3 is 0 Å². The first-order valence-corrected chi connectivity index (χ1v) is 9.91. The van der Waals surface area contributed by atoms with Crippen molar-refractivity contribution >= 4 is 19.7 Å². The maximum atomic E-state index is 12.3. The third-order valence-electron chi connectivity index (χ3n) is 3.81. The second-order valence-corrected chi connectivity index (χ2v) is 11.6. The van der Waals surface area contributed by atoms with E-state index in [1.165, 1.54) is 0 Å². The molecule has 1 aromatic carbocycles. The van der Waals surface area contributed by atoms with Crippen molar-refractivity contribution in [2.75, 3.05) is 0 Å². The van der Waals surface area contributed by atoms with Gasteiger partial charge in [0.25, 0.3) is 9.05 Å². The predicted molar refractivity (Wildman–Crippen MR) is 95.6 cm³/mol. The predicted octanol–water partition coefficient (Wildman–Crippen LogP) is 5.51. The highest BCUT2D eigenvalue weighted by Gasteiger charge is 2.33. The fourth-order valence-electron chi connectivity index (χ4n) is 2.44. The molecule has 1 rings (SSSR count). The molecule has 0 fully saturated rings. The van der Waals surface area contributed by atoms with Gasteiger partial charge in [-0.1, -0.05) is 74.4 Å². The van der Waals surface area contributed by atoms with Gasteiger partial charge in [0, 0.05) is 10.7 Å². The first kappa shape index (κ1) is 19.5. The molecule has 0 heterocycles. The van der Waals surface area contributed by atoms with Crippen LogP contribution >= 0.6 is 10.7 Å². The van der Waals surface area contributed by atoms with Crippen LogP contribution in [0.3, 0.4) is 0 Å². The van der Waals surface area contributed by atoms with Crippen molar-refractivity contribution < 1.29 is 8.42 Å². The summed E-state index contributed by atoms with van der Waals surface area (Å²) in [6.45, 7) is 18.5. The van der Waals surface area contributed by atoms with Gasteiger partial charge in [-0.05, 0) is 32.9 Å². The molecule has 0 saturated carbocycles. The smallest absolute Gasteiger partial charge is 0.207 e. The molecule has 22 heavy (non-hydrogen) atoms. The zero-order chi connectivity index (χ0) is 17.7. The molecule has 0 radical (unpaired) electrons. The number of rotatable bonds is 1. The van der Waals surface area contributed by atoms with E-state index >= 15 is 0 Å². The van der Waals surface area contributed by atoms with E-state index in [1.807, 2.05) is 53.7 Å². The van der Waals surface area contributed by atoms with Crippen LogP contribution in [0.5, 0.6) is 0 Å². The molecular weight excluding hydrogens is 316 g/mol. The molecule has 0 aliphatic heterocycles. The standard InChI is InChI=1S/C18H29ClO2S/c1-16(2,3)12-10-13(17(4,5)6)15(22(19,20)21)14(11-12)18(7,8)9/h10-11H,1-9H3. The fraction of sp³-hybridized carbons (Fsp3) is 0.667. The minimum absolute atomic E-state index is 0.0609. The number of halogens is 1. The molecule has 0 unspecified atom stereocenters. The topological polar surface area (TPSA) is 34.1 Å². The van der Waals surface area contributed by atoms with Gasteiger partial charge in [-0.3, -0.25) is 0 Å². The van der Waals surface area contributed by atoms with Crippen molar-refractivity contribution in [1.82, 2.24) is 0 Å². The van der Waals surface area contributed by atoms with Gasteiger partial charge in [-0.25, -0.2) is 8.42 Å². The lowest BCUT2D eigenvalue weighted by Gasteiger charge is -2.32. The molecule has 4 heteroatoms. The summed E-state index contributed by atoms with van der Waals surface area (Å²) in [6.07, 6.45) is 0. The second-order valence-electron chi connectivity index (χ2n) is 9.09. The number of hydrogen-bond acceptors (Lipinski definition) is 2. The lowest BCUT2D eigenvalue weighted by atomic mass is 9.75. The summed E-state index contributed by atoms with van der Waals surface area (Å²) in [4.78, 5) is 0.280. The first-order valence-electron chi connectivity index (χ1n) is 7.60. The summed E-state index contributed by atoms with van der Waals surface area (Å²) in [7, 11) is 2.00. The van der Waals surface area contributed by atoms with Crippen molar-refractivity contribution in [2.45, 2.75) is 83.5 Å². The lowest BCUT2D eigenvalue weighted by molar-refractivity contribution is 0.522. The lowest BCUT2D eigenvalue weighted by Crippen LogP contribution is -2.25. The van der Waals surface area contributed by atoms with E-state index in [2.05, 4.69) is 20.8 Å². The van der Waals surface area contributed by atoms with Crippen LogP contribution in [0, 0.1) is 0 Å². The Morgan fingerprint density at radius 3 is 1.23 bits per heavy atom. The average molecular weight is 345 g/mol. The molecule has 0 bridgehead atoms. The minimum Gasteiger partial charge on any atom is -0.207 e. The quantitative estimate of drug-likeness (QED) is 0.630. The van der Waals surface area contributed by atoms with E-state index in [0.717, 1.165) is 16.7 Å². The summed E-state index contributed by atoms with van der Waals surface area (Å²) >= 11 is 0. The van der Waals surface area contributed by atoms with Crippen molar-refractivity contribution in [1.29, 1.82) is 0 Å². The second kappa shape index (κ2) is 5.52. The summed E-state index contributed by atoms with van der Waals surface area (Å²) in [6, 6.07) is 4.01. The number of hydrogen-bond donors (Lipinski definition) is 0. The third kappa shape index (κ3) is 4.26. The van der Waals surface area contributed by atoms with Gasteiger partial charge in [0.1, 0.15) is 0 Å². The highest BCUT2D eigenvalue weighted by atomic mass is 35.7. The van der Waals surface area contributed by atoms with Crippen LogP contribution in [-0.4, -0.2) is 8.42 Å². The molecule has 0 spiro atoms. The third-order valence-corrected chi connectivity index (χ3v) is 5.21. The Balaban J connectivity index is 4.05. The van der Waals surface area contributed by atoms with Crippen LogP contribution in [0.15, 0.2) is 17.0 Å². The van der Waals surface area contributed by atoms with Gasteiger partial charge in [0.15, 0.2) is 0 Å². The van der Waals surface area contributed by atoms with Gasteiger partial charge in [0.2, 0.25) is 0 Å². The van der Waals surface area contributed by atoms with Crippen molar-refractivity contribution in [2.24, 2.45) is 0 Å². The van der Waals surface area contributed by atoms with Crippen LogP contribution in [-0.2, 0) is 25.3 Å². The summed E-state index contributed by atoms with van der Waals surface area (Å²) in [5.74, 6) is 0. The zero-order valence-electron chi connectivity index (χ0n) is 15.3. The minimum atomic E-state index is -3.82. The fourth-order valence-corrected chi connectivity index (χ4v) is 4.19. The molecule has 1 aromatic rings. The molecule has 0 aliphatic rings. The molecule has 0 saturated heterocycles. The van der Waals surface area contributed by atoms with Crippen LogP contribution < -0.4 is 0 Å². The molecular formula is C18H29ClO2S. The van der Waals surface area contributed by atoms with Crippen LogP contribution in [0.2, 0.25) is 0 Å². The normalized spacial score (nSPS) is 14.3. The molecule has 0 aliphatic carbocycles. The number of benzene rings is 1. The molecule has 0 atom stereocenters. The highest BCUT2D eigenvalue weighted by molar-refractivity contribution is 8.13. The van der Waals surface area contributed by atoms with Gasteiger partial charge in [0.05, 0.1) is 4.90 Å². The van der Waals surface area contributed by atoms with Crippen molar-refractivity contribution in [3.05, 3.63) is 28.8 Å². The van der Waals surface area contributed by atoms with Crippen molar-refractivity contribution in [3.8, 4) is 0 Å². The zero-order valence-corrected chi connectivity index (χ0v) is 16.8. The molecule has 0 N–H and O–H groups in total. The van der Waals surface area contributed by atoms with Crippen LogP contribution in [0.25, 0.3) is 0 Å². The SMILES string of the molecule is CC(C)(C)c1cc(C(C)(C)C)c(S(=O)(=O)Cl)c(C(C)(C)C)c1. The summed E-state index contributed by atoms with van der Waals surface area (Å²) in [5, 5.41) is 0. The Labute approximate surface area is 140 Å². The Hall–Kier alpha value is -0.540.